The summed E-state index contributed by atoms with van der Waals surface area (Å²) in [5.41, 5.74) is 0.614. The fraction of sp³-hybridized carbons (Fsp3) is 0.417. The Morgan fingerprint density at radius 3 is 2.82 bits per heavy atom. The van der Waals surface area contributed by atoms with Crippen molar-refractivity contribution >= 4 is 37.8 Å². The van der Waals surface area contributed by atoms with Gasteiger partial charge in [0.2, 0.25) is 0 Å². The lowest BCUT2D eigenvalue weighted by molar-refractivity contribution is 0.0695. The zero-order valence-electron chi connectivity index (χ0n) is 9.80. The third-order valence-electron chi connectivity index (χ3n) is 2.17. The normalized spacial score (nSPS) is 12.2. The second-order valence-corrected chi connectivity index (χ2v) is 5.37. The fourth-order valence-corrected chi connectivity index (χ4v) is 2.13. The van der Waals surface area contributed by atoms with Crippen molar-refractivity contribution in [3.8, 4) is 0 Å². The van der Waals surface area contributed by atoms with E-state index in [4.69, 9.17) is 4.74 Å². The molecule has 1 aromatic carbocycles. The van der Waals surface area contributed by atoms with E-state index in [2.05, 4.69) is 37.2 Å². The van der Waals surface area contributed by atoms with E-state index in [1.807, 2.05) is 26.0 Å². The zero-order chi connectivity index (χ0) is 12.8. The van der Waals surface area contributed by atoms with Crippen LogP contribution in [0, 0.1) is 0 Å². The minimum absolute atomic E-state index is 0.0230. The standard InChI is InChI=1S/C12H15Br2NO2/c1-3-17-8(2)7-15-12(16)10-6-9(13)4-5-11(10)14/h4-6,8H,3,7H2,1-2H3,(H,15,16). The van der Waals surface area contributed by atoms with Crippen LogP contribution in [0.15, 0.2) is 27.1 Å². The van der Waals surface area contributed by atoms with Gasteiger partial charge in [0.05, 0.1) is 11.7 Å². The molecule has 0 radical (unpaired) electrons. The predicted molar refractivity (Wildman–Crippen MR) is 75.3 cm³/mol. The highest BCUT2D eigenvalue weighted by Crippen LogP contribution is 2.21. The van der Waals surface area contributed by atoms with Gasteiger partial charge in [0.1, 0.15) is 0 Å². The summed E-state index contributed by atoms with van der Waals surface area (Å²) in [5, 5.41) is 2.84. The summed E-state index contributed by atoms with van der Waals surface area (Å²) in [7, 11) is 0. The third-order valence-corrected chi connectivity index (χ3v) is 3.36. The highest BCUT2D eigenvalue weighted by Gasteiger charge is 2.11. The Labute approximate surface area is 118 Å². The first-order valence-electron chi connectivity index (χ1n) is 5.39. The number of ether oxygens (including phenoxy) is 1. The molecule has 1 rings (SSSR count). The van der Waals surface area contributed by atoms with Crippen LogP contribution < -0.4 is 5.32 Å². The van der Waals surface area contributed by atoms with Crippen molar-refractivity contribution in [3.05, 3.63) is 32.7 Å². The van der Waals surface area contributed by atoms with Crippen molar-refractivity contribution in [1.29, 1.82) is 0 Å². The molecule has 0 heterocycles. The molecule has 3 nitrogen and oxygen atoms in total. The fourth-order valence-electron chi connectivity index (χ4n) is 1.35. The molecule has 1 atom stereocenters. The molecule has 0 aliphatic heterocycles. The van der Waals surface area contributed by atoms with E-state index < -0.39 is 0 Å². The third kappa shape index (κ3) is 4.77. The molecular formula is C12H15Br2NO2. The molecular weight excluding hydrogens is 350 g/mol. The van der Waals surface area contributed by atoms with Gasteiger partial charge in [-0.25, -0.2) is 0 Å². The molecule has 0 saturated heterocycles. The van der Waals surface area contributed by atoms with Crippen LogP contribution in [0.5, 0.6) is 0 Å². The summed E-state index contributed by atoms with van der Waals surface area (Å²) in [6, 6.07) is 5.50. The molecule has 0 aromatic heterocycles. The second kappa shape index (κ2) is 7.13. The summed E-state index contributed by atoms with van der Waals surface area (Å²) >= 11 is 6.70. The molecule has 1 N–H and O–H groups in total. The maximum Gasteiger partial charge on any atom is 0.252 e. The maximum absolute atomic E-state index is 11.9. The van der Waals surface area contributed by atoms with Crippen molar-refractivity contribution in [2.24, 2.45) is 0 Å². The number of hydrogen-bond acceptors (Lipinski definition) is 2. The molecule has 1 aromatic rings. The summed E-state index contributed by atoms with van der Waals surface area (Å²) in [6.07, 6.45) is 0.0230. The molecule has 1 amide bonds. The monoisotopic (exact) mass is 363 g/mol. The van der Waals surface area contributed by atoms with E-state index in [-0.39, 0.29) is 12.0 Å². The molecule has 94 valence electrons. The molecule has 0 spiro atoms. The lowest BCUT2D eigenvalue weighted by Gasteiger charge is -2.13. The topological polar surface area (TPSA) is 38.3 Å². The Hall–Kier alpha value is -0.390. The Morgan fingerprint density at radius 1 is 1.47 bits per heavy atom. The van der Waals surface area contributed by atoms with Crippen LogP contribution >= 0.6 is 31.9 Å². The minimum Gasteiger partial charge on any atom is -0.377 e. The van der Waals surface area contributed by atoms with Gasteiger partial charge in [-0.05, 0) is 48.0 Å². The largest absolute Gasteiger partial charge is 0.377 e. The van der Waals surface area contributed by atoms with E-state index in [1.165, 1.54) is 0 Å². The first-order valence-corrected chi connectivity index (χ1v) is 6.98. The zero-order valence-corrected chi connectivity index (χ0v) is 13.0. The van der Waals surface area contributed by atoms with E-state index >= 15 is 0 Å². The van der Waals surface area contributed by atoms with Crippen molar-refractivity contribution in [3.63, 3.8) is 0 Å². The quantitative estimate of drug-likeness (QED) is 0.869. The van der Waals surface area contributed by atoms with E-state index in [9.17, 15) is 4.79 Å². The van der Waals surface area contributed by atoms with Gasteiger partial charge in [0, 0.05) is 22.1 Å². The molecule has 0 aliphatic carbocycles. The Bertz CT molecular complexity index is 396. The molecule has 1 unspecified atom stereocenters. The van der Waals surface area contributed by atoms with E-state index in [0.29, 0.717) is 18.7 Å². The van der Waals surface area contributed by atoms with Crippen LogP contribution in [0.4, 0.5) is 0 Å². The number of rotatable bonds is 5. The van der Waals surface area contributed by atoms with Crippen LogP contribution in [-0.2, 0) is 4.74 Å². The highest BCUT2D eigenvalue weighted by molar-refractivity contribution is 9.11. The average Bonchev–Trinajstić information content (AvgIpc) is 2.29. The van der Waals surface area contributed by atoms with Crippen LogP contribution in [0.25, 0.3) is 0 Å². The molecule has 0 saturated carbocycles. The van der Waals surface area contributed by atoms with Gasteiger partial charge in [-0.2, -0.15) is 0 Å². The predicted octanol–water partition coefficient (Wildman–Crippen LogP) is 3.37. The van der Waals surface area contributed by atoms with Crippen molar-refractivity contribution in [2.45, 2.75) is 20.0 Å². The number of halogens is 2. The van der Waals surface area contributed by atoms with E-state index in [1.54, 1.807) is 6.07 Å². The summed E-state index contributed by atoms with van der Waals surface area (Å²) in [4.78, 5) is 11.9. The number of nitrogens with one attached hydrogen (secondary N) is 1. The van der Waals surface area contributed by atoms with E-state index in [0.717, 1.165) is 8.95 Å². The minimum atomic E-state index is -0.107. The van der Waals surface area contributed by atoms with Gasteiger partial charge < -0.3 is 10.1 Å². The van der Waals surface area contributed by atoms with Gasteiger partial charge in [-0.3, -0.25) is 4.79 Å². The number of amides is 1. The summed E-state index contributed by atoms with van der Waals surface area (Å²) in [6.45, 7) is 5.02. The lowest BCUT2D eigenvalue weighted by Crippen LogP contribution is -2.32. The first kappa shape index (κ1) is 14.7. The summed E-state index contributed by atoms with van der Waals surface area (Å²) in [5.74, 6) is -0.107. The Kier molecular flexibility index (Phi) is 6.16. The van der Waals surface area contributed by atoms with Crippen molar-refractivity contribution < 1.29 is 9.53 Å². The second-order valence-electron chi connectivity index (χ2n) is 3.60. The maximum atomic E-state index is 11.9. The van der Waals surface area contributed by atoms with Gasteiger partial charge in [0.15, 0.2) is 0 Å². The number of carbonyl (C=O) groups excluding carboxylic acids is 1. The van der Waals surface area contributed by atoms with Crippen LogP contribution in [0.2, 0.25) is 0 Å². The van der Waals surface area contributed by atoms with Gasteiger partial charge >= 0.3 is 0 Å². The highest BCUT2D eigenvalue weighted by atomic mass is 79.9. The molecule has 5 heteroatoms. The Morgan fingerprint density at radius 2 is 2.18 bits per heavy atom. The SMILES string of the molecule is CCOC(C)CNC(=O)c1cc(Br)ccc1Br. The van der Waals surface area contributed by atoms with Crippen LogP contribution in [0.1, 0.15) is 24.2 Å². The first-order chi connectivity index (χ1) is 8.04. The van der Waals surface area contributed by atoms with Crippen LogP contribution in [0.3, 0.4) is 0 Å². The van der Waals surface area contributed by atoms with Crippen LogP contribution in [-0.4, -0.2) is 25.2 Å². The Balaban J connectivity index is 2.61. The molecule has 0 aliphatic rings. The lowest BCUT2D eigenvalue weighted by atomic mass is 10.2. The number of hydrogen-bond donors (Lipinski definition) is 1. The van der Waals surface area contributed by atoms with Gasteiger partial charge in [0.25, 0.3) is 5.91 Å². The van der Waals surface area contributed by atoms with Crippen molar-refractivity contribution in [2.75, 3.05) is 13.2 Å². The molecule has 17 heavy (non-hydrogen) atoms. The number of carbonyl (C=O) groups is 1. The van der Waals surface area contributed by atoms with Gasteiger partial charge in [-0.15, -0.1) is 0 Å². The summed E-state index contributed by atoms with van der Waals surface area (Å²) < 4.78 is 7.00. The van der Waals surface area contributed by atoms with Crippen molar-refractivity contribution in [1.82, 2.24) is 5.32 Å². The molecule has 0 bridgehead atoms. The smallest absolute Gasteiger partial charge is 0.252 e. The van der Waals surface area contributed by atoms with Gasteiger partial charge in [-0.1, -0.05) is 15.9 Å². The average molecular weight is 365 g/mol. The number of benzene rings is 1. The molecule has 0 fully saturated rings.